The number of anilines is 2. The Morgan fingerprint density at radius 2 is 1.62 bits per heavy atom. The summed E-state index contributed by atoms with van der Waals surface area (Å²) in [6.45, 7) is -0.152. The summed E-state index contributed by atoms with van der Waals surface area (Å²) < 4.78 is 79.6. The summed E-state index contributed by atoms with van der Waals surface area (Å²) in [5, 5.41) is 9.23. The van der Waals surface area contributed by atoms with E-state index >= 15 is 0 Å². The number of nitrogens with one attached hydrogen (secondary N) is 2. The number of pyridine rings is 1. The molecule has 4 heterocycles. The molecular weight excluding hydrogens is 468 g/mol. The van der Waals surface area contributed by atoms with Gasteiger partial charge < -0.3 is 10.6 Å². The third-order valence-electron chi connectivity index (χ3n) is 5.89. The van der Waals surface area contributed by atoms with Crippen LogP contribution in [-0.2, 0) is 33.9 Å². The molecular formula is C21H13F6N5O2. The van der Waals surface area contributed by atoms with Gasteiger partial charge in [-0.05, 0) is 35.9 Å². The van der Waals surface area contributed by atoms with Crippen molar-refractivity contribution >= 4 is 23.3 Å². The number of benzene rings is 1. The normalized spacial score (nSPS) is 19.6. The average molecular weight is 481 g/mol. The predicted molar refractivity (Wildman–Crippen MR) is 105 cm³/mol. The van der Waals surface area contributed by atoms with Crippen LogP contribution in [0.15, 0.2) is 42.7 Å². The van der Waals surface area contributed by atoms with Gasteiger partial charge in [0.25, 0.3) is 0 Å². The summed E-state index contributed by atoms with van der Waals surface area (Å²) in [5.74, 6) is -1.25. The van der Waals surface area contributed by atoms with E-state index in [1.807, 2.05) is 0 Å². The Morgan fingerprint density at radius 3 is 2.26 bits per heavy atom. The minimum atomic E-state index is -4.67. The molecule has 2 aliphatic rings. The van der Waals surface area contributed by atoms with Gasteiger partial charge in [0.2, 0.25) is 11.8 Å². The molecule has 176 valence electrons. The topological polar surface area (TPSA) is 88.9 Å². The van der Waals surface area contributed by atoms with Gasteiger partial charge in [0.05, 0.1) is 29.6 Å². The van der Waals surface area contributed by atoms with Gasteiger partial charge in [-0.1, -0.05) is 0 Å². The molecule has 0 saturated carbocycles. The van der Waals surface area contributed by atoms with Crippen LogP contribution in [0.2, 0.25) is 0 Å². The molecule has 5 rings (SSSR count). The first kappa shape index (κ1) is 21.9. The van der Waals surface area contributed by atoms with E-state index in [0.717, 1.165) is 30.3 Å². The Kier molecular flexibility index (Phi) is 4.54. The largest absolute Gasteiger partial charge is 0.417 e. The molecule has 0 bridgehead atoms. The van der Waals surface area contributed by atoms with Crippen LogP contribution in [0.4, 0.5) is 37.8 Å². The number of hydrogen-bond donors (Lipinski definition) is 2. The number of hydrogen-bond acceptors (Lipinski definition) is 4. The van der Waals surface area contributed by atoms with Gasteiger partial charge in [-0.2, -0.15) is 31.4 Å². The van der Waals surface area contributed by atoms with Gasteiger partial charge >= 0.3 is 12.4 Å². The van der Waals surface area contributed by atoms with Gasteiger partial charge in [-0.25, -0.2) is 4.68 Å². The van der Waals surface area contributed by atoms with Crippen LogP contribution in [-0.4, -0.2) is 26.6 Å². The maximum absolute atomic E-state index is 13.4. The average Bonchev–Trinajstić information content (AvgIpc) is 3.26. The zero-order chi connectivity index (χ0) is 24.5. The number of rotatable bonds is 2. The van der Waals surface area contributed by atoms with Crippen LogP contribution in [0.1, 0.15) is 34.4 Å². The van der Waals surface area contributed by atoms with Crippen molar-refractivity contribution in [3.8, 4) is 0 Å². The fraction of sp³-hybridized carbons (Fsp3) is 0.238. The molecule has 2 aromatic heterocycles. The van der Waals surface area contributed by atoms with E-state index in [4.69, 9.17) is 0 Å². The lowest BCUT2D eigenvalue weighted by Gasteiger charge is -2.31. The Labute approximate surface area is 186 Å². The lowest BCUT2D eigenvalue weighted by atomic mass is 9.71. The van der Waals surface area contributed by atoms with Crippen LogP contribution in [0.5, 0.6) is 0 Å². The van der Waals surface area contributed by atoms with E-state index in [1.165, 1.54) is 10.9 Å². The third-order valence-corrected chi connectivity index (χ3v) is 5.89. The first-order valence-corrected chi connectivity index (χ1v) is 9.81. The fourth-order valence-corrected chi connectivity index (χ4v) is 4.28. The van der Waals surface area contributed by atoms with E-state index in [2.05, 4.69) is 20.7 Å². The molecule has 0 saturated heterocycles. The minimum Gasteiger partial charge on any atom is -0.325 e. The third kappa shape index (κ3) is 3.30. The second-order valence-corrected chi connectivity index (χ2v) is 7.94. The van der Waals surface area contributed by atoms with Gasteiger partial charge in [0.15, 0.2) is 0 Å². The fourth-order valence-electron chi connectivity index (χ4n) is 4.28. The molecule has 2 aliphatic heterocycles. The number of nitrogens with zero attached hydrogens (tertiary/aromatic N) is 3. The maximum Gasteiger partial charge on any atom is 0.417 e. The van der Waals surface area contributed by atoms with Crippen LogP contribution >= 0.6 is 0 Å². The van der Waals surface area contributed by atoms with Crippen molar-refractivity contribution < 1.29 is 35.9 Å². The summed E-state index contributed by atoms with van der Waals surface area (Å²) in [4.78, 5) is 29.4. The summed E-state index contributed by atoms with van der Waals surface area (Å²) in [5.41, 5.74) is -3.15. The zero-order valence-corrected chi connectivity index (χ0v) is 16.9. The molecule has 34 heavy (non-hydrogen) atoms. The molecule has 0 fully saturated rings. The van der Waals surface area contributed by atoms with Gasteiger partial charge in [0, 0.05) is 23.9 Å². The number of carbonyl (C=O) groups is 2. The highest BCUT2D eigenvalue weighted by Crippen LogP contribution is 2.51. The Balaban J connectivity index is 1.58. The molecule has 13 heteroatoms. The highest BCUT2D eigenvalue weighted by Gasteiger charge is 2.55. The van der Waals surface area contributed by atoms with Crippen LogP contribution in [0.3, 0.4) is 0 Å². The first-order chi connectivity index (χ1) is 15.9. The number of fused-ring (bicyclic) bond motifs is 4. The van der Waals surface area contributed by atoms with E-state index in [1.54, 1.807) is 0 Å². The van der Waals surface area contributed by atoms with Crippen molar-refractivity contribution in [2.24, 2.45) is 0 Å². The summed E-state index contributed by atoms with van der Waals surface area (Å²) >= 11 is 0. The second kappa shape index (κ2) is 7.05. The van der Waals surface area contributed by atoms with Gasteiger partial charge in [0.1, 0.15) is 11.2 Å². The highest BCUT2D eigenvalue weighted by atomic mass is 19.4. The number of carbonyl (C=O) groups excluding carboxylic acids is 2. The first-order valence-electron chi connectivity index (χ1n) is 9.81. The van der Waals surface area contributed by atoms with E-state index in [9.17, 15) is 35.9 Å². The molecule has 7 nitrogen and oxygen atoms in total. The quantitative estimate of drug-likeness (QED) is 0.543. The van der Waals surface area contributed by atoms with E-state index < -0.39 is 47.1 Å². The Hall–Kier alpha value is -3.90. The molecule has 3 aromatic rings. The summed E-state index contributed by atoms with van der Waals surface area (Å²) in [6, 6.07) is 4.79. The number of aromatic nitrogens is 3. The van der Waals surface area contributed by atoms with Crippen LogP contribution < -0.4 is 10.6 Å². The maximum atomic E-state index is 13.4. The second-order valence-electron chi connectivity index (χ2n) is 7.94. The Bertz CT molecular complexity index is 1330. The monoisotopic (exact) mass is 481 g/mol. The van der Waals surface area contributed by atoms with E-state index in [0.29, 0.717) is 6.20 Å². The summed E-state index contributed by atoms with van der Waals surface area (Å²) in [6.07, 6.45) is -7.75. The lowest BCUT2D eigenvalue weighted by molar-refractivity contribution is -0.138. The minimum absolute atomic E-state index is 0.00405. The van der Waals surface area contributed by atoms with Crippen molar-refractivity contribution in [1.82, 2.24) is 14.8 Å². The molecule has 1 spiro atoms. The number of alkyl halides is 6. The number of amides is 2. The van der Waals surface area contributed by atoms with Gasteiger partial charge in [-0.15, -0.1) is 0 Å². The molecule has 1 aromatic carbocycles. The predicted octanol–water partition coefficient (Wildman–Crippen LogP) is 3.94. The van der Waals surface area contributed by atoms with Crippen LogP contribution in [0.25, 0.3) is 0 Å². The molecule has 0 aliphatic carbocycles. The molecule has 2 amide bonds. The van der Waals surface area contributed by atoms with Crippen molar-refractivity contribution in [2.45, 2.75) is 30.7 Å². The Morgan fingerprint density at radius 1 is 0.912 bits per heavy atom. The van der Waals surface area contributed by atoms with Crippen LogP contribution in [0, 0.1) is 0 Å². The molecule has 1 atom stereocenters. The van der Waals surface area contributed by atoms with Crippen molar-refractivity contribution in [2.75, 3.05) is 10.6 Å². The summed E-state index contributed by atoms with van der Waals surface area (Å²) in [7, 11) is 0. The molecule has 1 unspecified atom stereocenters. The number of halogens is 6. The van der Waals surface area contributed by atoms with Crippen molar-refractivity contribution in [3.63, 3.8) is 0 Å². The van der Waals surface area contributed by atoms with Crippen molar-refractivity contribution in [1.29, 1.82) is 0 Å². The smallest absolute Gasteiger partial charge is 0.325 e. The van der Waals surface area contributed by atoms with Crippen molar-refractivity contribution in [3.05, 3.63) is 70.7 Å². The SMILES string of the molecule is O=C1CC2(C(=O)Nc3ccc(C(F)(F)F)cc32)c2cnn(Cc3ccc(C(F)(F)F)cn3)c2N1. The van der Waals surface area contributed by atoms with Gasteiger partial charge in [-0.3, -0.25) is 14.6 Å². The van der Waals surface area contributed by atoms with E-state index in [-0.39, 0.29) is 34.9 Å². The lowest BCUT2D eigenvalue weighted by Crippen LogP contribution is -2.43. The molecule has 0 radical (unpaired) electrons. The highest BCUT2D eigenvalue weighted by molar-refractivity contribution is 6.14. The standard InChI is InChI=1S/C21H13F6N5O2/c22-20(23,24)10-2-4-15-13(5-10)19(18(34)30-15)6-16(33)31-17-14(19)8-29-32(17)9-12-3-1-11(7-28-12)21(25,26)27/h1-5,7-8H,6,9H2,(H,30,34)(H,31,33). The molecule has 2 N–H and O–H groups in total. The zero-order valence-electron chi connectivity index (χ0n) is 16.9.